The minimum atomic E-state index is -0.309. The number of thioether (sulfide) groups is 1. The maximum atomic E-state index is 11.3. The molecule has 0 spiro atoms. The van der Waals surface area contributed by atoms with Crippen LogP contribution in [-0.2, 0) is 10.5 Å². The van der Waals surface area contributed by atoms with Gasteiger partial charge in [-0.2, -0.15) is 5.10 Å². The lowest BCUT2D eigenvalue weighted by molar-refractivity contribution is -0.117. The van der Waals surface area contributed by atoms with Crippen molar-refractivity contribution in [3.8, 4) is 22.7 Å². The second-order valence-electron chi connectivity index (χ2n) is 5.87. The number of methoxy groups -OCH3 is 1. The highest BCUT2D eigenvalue weighted by Gasteiger charge is 2.16. The first kappa shape index (κ1) is 18.1. The topological polar surface area (TPSA) is 70.1 Å². The third kappa shape index (κ3) is 4.08. The van der Waals surface area contributed by atoms with Crippen molar-refractivity contribution in [2.24, 2.45) is 5.73 Å². The number of carbonyl (C=O) groups excluding carboxylic acids is 1. The van der Waals surface area contributed by atoms with Gasteiger partial charge in [-0.05, 0) is 43.3 Å². The molecule has 1 unspecified atom stereocenters. The summed E-state index contributed by atoms with van der Waals surface area (Å²) in [5, 5.41) is 4.52. The molecule has 1 aromatic heterocycles. The van der Waals surface area contributed by atoms with Crippen LogP contribution in [0.3, 0.4) is 0 Å². The molecule has 2 aromatic carbocycles. The predicted molar refractivity (Wildman–Crippen MR) is 106 cm³/mol. The van der Waals surface area contributed by atoms with Crippen molar-refractivity contribution < 1.29 is 9.53 Å². The second kappa shape index (κ2) is 8.10. The van der Waals surface area contributed by atoms with E-state index in [0.717, 1.165) is 28.3 Å². The van der Waals surface area contributed by atoms with Gasteiger partial charge < -0.3 is 10.5 Å². The third-order valence-corrected chi connectivity index (χ3v) is 5.27. The van der Waals surface area contributed by atoms with E-state index in [9.17, 15) is 4.79 Å². The molecule has 26 heavy (non-hydrogen) atoms. The molecule has 1 heterocycles. The number of ether oxygens (including phenoxy) is 1. The van der Waals surface area contributed by atoms with Crippen LogP contribution in [0.4, 0.5) is 0 Å². The molecule has 3 aromatic rings. The number of aromatic nitrogens is 2. The van der Waals surface area contributed by atoms with E-state index < -0.39 is 0 Å². The monoisotopic (exact) mass is 367 g/mol. The number of benzene rings is 2. The molecule has 6 heteroatoms. The molecule has 3 rings (SSSR count). The number of rotatable bonds is 7. The maximum Gasteiger partial charge on any atom is 0.230 e. The van der Waals surface area contributed by atoms with Gasteiger partial charge in [-0.1, -0.05) is 18.2 Å². The van der Waals surface area contributed by atoms with Gasteiger partial charge in [-0.15, -0.1) is 11.8 Å². The zero-order valence-corrected chi connectivity index (χ0v) is 15.6. The Kier molecular flexibility index (Phi) is 5.63. The standard InChI is InChI=1S/C20H21N3O2S/c1-14(20(21)24)26-13-16-12-23(17-6-4-3-5-7-17)22-19(16)15-8-10-18(25-2)11-9-15/h3-12,14H,13H2,1-2H3,(H2,21,24). The van der Waals surface area contributed by atoms with E-state index in [1.54, 1.807) is 7.11 Å². The number of primary amides is 1. The molecule has 1 amide bonds. The summed E-state index contributed by atoms with van der Waals surface area (Å²) in [7, 11) is 1.65. The summed E-state index contributed by atoms with van der Waals surface area (Å²) >= 11 is 1.51. The fraction of sp³-hybridized carbons (Fsp3) is 0.200. The molecule has 2 N–H and O–H groups in total. The molecule has 0 saturated carbocycles. The Morgan fingerprint density at radius 3 is 2.50 bits per heavy atom. The summed E-state index contributed by atoms with van der Waals surface area (Å²) in [5.41, 5.74) is 9.32. The molecular weight excluding hydrogens is 346 g/mol. The van der Waals surface area contributed by atoms with Crippen LogP contribution in [0.5, 0.6) is 5.75 Å². The Bertz CT molecular complexity index is 876. The first-order chi connectivity index (χ1) is 12.6. The molecule has 0 aliphatic carbocycles. The molecular formula is C20H21N3O2S. The van der Waals surface area contributed by atoms with E-state index in [1.807, 2.05) is 72.4 Å². The van der Waals surface area contributed by atoms with Crippen molar-refractivity contribution in [3.05, 3.63) is 66.4 Å². The Morgan fingerprint density at radius 2 is 1.88 bits per heavy atom. The summed E-state index contributed by atoms with van der Waals surface area (Å²) in [5.74, 6) is 1.14. The normalized spacial score (nSPS) is 11.9. The average Bonchev–Trinajstić information content (AvgIpc) is 3.11. The number of nitrogens with zero attached hydrogens (tertiary/aromatic N) is 2. The molecule has 0 bridgehead atoms. The smallest absolute Gasteiger partial charge is 0.230 e. The number of para-hydroxylation sites is 1. The fourth-order valence-electron chi connectivity index (χ4n) is 2.52. The van der Waals surface area contributed by atoms with Crippen LogP contribution in [0, 0.1) is 0 Å². The Labute approximate surface area is 157 Å². The highest BCUT2D eigenvalue weighted by molar-refractivity contribution is 7.99. The van der Waals surface area contributed by atoms with Crippen LogP contribution in [-0.4, -0.2) is 28.0 Å². The van der Waals surface area contributed by atoms with Crippen LogP contribution in [0.15, 0.2) is 60.8 Å². The van der Waals surface area contributed by atoms with E-state index in [4.69, 9.17) is 15.6 Å². The fourth-order valence-corrected chi connectivity index (χ4v) is 3.32. The van der Waals surface area contributed by atoms with Crippen LogP contribution >= 0.6 is 11.8 Å². The van der Waals surface area contributed by atoms with Gasteiger partial charge in [-0.25, -0.2) is 4.68 Å². The van der Waals surface area contributed by atoms with Gasteiger partial charge in [0.15, 0.2) is 0 Å². The Balaban J connectivity index is 1.96. The van der Waals surface area contributed by atoms with E-state index >= 15 is 0 Å². The number of hydrogen-bond acceptors (Lipinski definition) is 4. The first-order valence-corrected chi connectivity index (χ1v) is 9.32. The summed E-state index contributed by atoms with van der Waals surface area (Å²) in [6, 6.07) is 17.8. The number of amides is 1. The lowest BCUT2D eigenvalue weighted by Gasteiger charge is -2.07. The lowest BCUT2D eigenvalue weighted by Crippen LogP contribution is -2.22. The van der Waals surface area contributed by atoms with Crippen molar-refractivity contribution in [1.82, 2.24) is 9.78 Å². The van der Waals surface area contributed by atoms with E-state index in [2.05, 4.69) is 0 Å². The van der Waals surface area contributed by atoms with Gasteiger partial charge in [0.1, 0.15) is 5.75 Å². The van der Waals surface area contributed by atoms with Crippen molar-refractivity contribution in [3.63, 3.8) is 0 Å². The summed E-state index contributed by atoms with van der Waals surface area (Å²) in [6.07, 6.45) is 2.01. The van der Waals surface area contributed by atoms with Crippen molar-refractivity contribution in [1.29, 1.82) is 0 Å². The van der Waals surface area contributed by atoms with Crippen LogP contribution in [0.1, 0.15) is 12.5 Å². The first-order valence-electron chi connectivity index (χ1n) is 8.28. The molecule has 1 atom stereocenters. The minimum absolute atomic E-state index is 0.251. The van der Waals surface area contributed by atoms with Gasteiger partial charge in [0, 0.05) is 23.1 Å². The van der Waals surface area contributed by atoms with Crippen LogP contribution < -0.4 is 10.5 Å². The zero-order valence-electron chi connectivity index (χ0n) is 14.8. The minimum Gasteiger partial charge on any atom is -0.497 e. The molecule has 0 radical (unpaired) electrons. The summed E-state index contributed by atoms with van der Waals surface area (Å²) in [4.78, 5) is 11.3. The van der Waals surface area contributed by atoms with Gasteiger partial charge >= 0.3 is 0 Å². The van der Waals surface area contributed by atoms with Gasteiger partial charge in [0.2, 0.25) is 5.91 Å². The highest BCUT2D eigenvalue weighted by atomic mass is 32.2. The molecule has 134 valence electrons. The Morgan fingerprint density at radius 1 is 1.19 bits per heavy atom. The molecule has 0 aliphatic rings. The number of hydrogen-bond donors (Lipinski definition) is 1. The van der Waals surface area contributed by atoms with Crippen LogP contribution in [0.2, 0.25) is 0 Å². The number of nitrogens with two attached hydrogens (primary N) is 1. The molecule has 0 aliphatic heterocycles. The zero-order chi connectivity index (χ0) is 18.5. The highest BCUT2D eigenvalue weighted by Crippen LogP contribution is 2.29. The van der Waals surface area contributed by atoms with Gasteiger partial charge in [0.05, 0.1) is 23.7 Å². The van der Waals surface area contributed by atoms with Crippen LogP contribution in [0.25, 0.3) is 16.9 Å². The average molecular weight is 367 g/mol. The quantitative estimate of drug-likeness (QED) is 0.692. The van der Waals surface area contributed by atoms with E-state index in [0.29, 0.717) is 5.75 Å². The van der Waals surface area contributed by atoms with Gasteiger partial charge in [0.25, 0.3) is 0 Å². The Hall–Kier alpha value is -2.73. The third-order valence-electron chi connectivity index (χ3n) is 4.06. The summed E-state index contributed by atoms with van der Waals surface area (Å²) < 4.78 is 7.10. The molecule has 0 saturated heterocycles. The molecule has 5 nitrogen and oxygen atoms in total. The SMILES string of the molecule is COc1ccc(-c2nn(-c3ccccc3)cc2CSC(C)C(N)=O)cc1. The van der Waals surface area contributed by atoms with E-state index in [1.165, 1.54) is 11.8 Å². The largest absolute Gasteiger partial charge is 0.497 e. The second-order valence-corrected chi connectivity index (χ2v) is 7.20. The van der Waals surface area contributed by atoms with Crippen molar-refractivity contribution >= 4 is 17.7 Å². The van der Waals surface area contributed by atoms with Crippen molar-refractivity contribution in [2.75, 3.05) is 7.11 Å². The maximum absolute atomic E-state index is 11.3. The van der Waals surface area contributed by atoms with E-state index in [-0.39, 0.29) is 11.2 Å². The van der Waals surface area contributed by atoms with Crippen molar-refractivity contribution in [2.45, 2.75) is 17.9 Å². The lowest BCUT2D eigenvalue weighted by atomic mass is 10.1. The number of carbonyl (C=O) groups is 1. The van der Waals surface area contributed by atoms with Gasteiger partial charge in [-0.3, -0.25) is 4.79 Å². The predicted octanol–water partition coefficient (Wildman–Crippen LogP) is 3.65. The molecule has 0 fully saturated rings. The summed E-state index contributed by atoms with van der Waals surface area (Å²) in [6.45, 7) is 1.82.